The number of nitrogens with one attached hydrogen (secondary N) is 3. The fraction of sp³-hybridized carbons (Fsp3) is 0.286. The Morgan fingerprint density at radius 2 is 2.05 bits per heavy atom. The van der Waals surface area contributed by atoms with Crippen molar-refractivity contribution in [3.8, 4) is 0 Å². The zero-order valence-electron chi connectivity index (χ0n) is 10.4. The third-order valence-electron chi connectivity index (χ3n) is 3.27. The van der Waals surface area contributed by atoms with Gasteiger partial charge in [-0.25, -0.2) is 0 Å². The molecule has 5 heteroatoms. The van der Waals surface area contributed by atoms with Gasteiger partial charge >= 0.3 is 11.8 Å². The number of benzene rings is 1. The molecule has 0 aliphatic heterocycles. The number of amides is 2. The van der Waals surface area contributed by atoms with Gasteiger partial charge in [0.25, 0.3) is 0 Å². The molecule has 0 bridgehead atoms. The Hall–Kier alpha value is -2.30. The molecule has 1 heterocycles. The van der Waals surface area contributed by atoms with Crippen molar-refractivity contribution in [2.24, 2.45) is 5.92 Å². The molecular weight excluding hydrogens is 242 g/mol. The molecule has 1 aliphatic carbocycles. The standard InChI is InChI=1S/C14H15N3O2/c18-13(16-8-9-1-2-9)14(19)17-11-4-3-10-5-6-15-12(10)7-11/h3-7,9,15H,1-2,8H2,(H,16,18)(H,17,19). The molecule has 3 rings (SSSR count). The molecule has 2 amide bonds. The van der Waals surface area contributed by atoms with Gasteiger partial charge in [-0.2, -0.15) is 0 Å². The Morgan fingerprint density at radius 3 is 2.84 bits per heavy atom. The highest BCUT2D eigenvalue weighted by atomic mass is 16.2. The number of hydrogen-bond acceptors (Lipinski definition) is 2. The lowest BCUT2D eigenvalue weighted by molar-refractivity contribution is -0.136. The summed E-state index contributed by atoms with van der Waals surface area (Å²) >= 11 is 0. The summed E-state index contributed by atoms with van der Waals surface area (Å²) in [5.74, 6) is -0.628. The van der Waals surface area contributed by atoms with E-state index in [9.17, 15) is 9.59 Å². The van der Waals surface area contributed by atoms with Gasteiger partial charge < -0.3 is 15.6 Å². The van der Waals surface area contributed by atoms with Crippen molar-refractivity contribution in [3.63, 3.8) is 0 Å². The average molecular weight is 257 g/mol. The van der Waals surface area contributed by atoms with Gasteiger partial charge in [-0.1, -0.05) is 6.07 Å². The first-order valence-corrected chi connectivity index (χ1v) is 6.39. The molecule has 1 saturated carbocycles. The van der Waals surface area contributed by atoms with Crippen LogP contribution in [0.4, 0.5) is 5.69 Å². The number of fused-ring (bicyclic) bond motifs is 1. The summed E-state index contributed by atoms with van der Waals surface area (Å²) in [5.41, 5.74) is 1.54. The Bertz CT molecular complexity index is 628. The summed E-state index contributed by atoms with van der Waals surface area (Å²) in [6.45, 7) is 0.599. The van der Waals surface area contributed by atoms with Crippen molar-refractivity contribution >= 4 is 28.4 Å². The van der Waals surface area contributed by atoms with Crippen LogP contribution in [0.15, 0.2) is 30.5 Å². The Kier molecular flexibility index (Phi) is 2.95. The number of anilines is 1. The largest absolute Gasteiger partial charge is 0.361 e. The zero-order chi connectivity index (χ0) is 13.2. The summed E-state index contributed by atoms with van der Waals surface area (Å²) in [5, 5.41) is 6.30. The van der Waals surface area contributed by atoms with Crippen LogP contribution in [0.2, 0.25) is 0 Å². The van der Waals surface area contributed by atoms with Crippen LogP contribution >= 0.6 is 0 Å². The Morgan fingerprint density at radius 1 is 1.21 bits per heavy atom. The second-order valence-electron chi connectivity index (χ2n) is 4.89. The minimum absolute atomic E-state index is 0.562. The highest BCUT2D eigenvalue weighted by molar-refractivity contribution is 6.39. The van der Waals surface area contributed by atoms with Gasteiger partial charge in [-0.05, 0) is 42.3 Å². The minimum Gasteiger partial charge on any atom is -0.361 e. The van der Waals surface area contributed by atoms with E-state index in [1.54, 1.807) is 12.1 Å². The topological polar surface area (TPSA) is 74.0 Å². The minimum atomic E-state index is -0.619. The van der Waals surface area contributed by atoms with Crippen molar-refractivity contribution < 1.29 is 9.59 Å². The molecule has 5 nitrogen and oxygen atoms in total. The fourth-order valence-electron chi connectivity index (χ4n) is 1.95. The number of aromatic nitrogens is 1. The summed E-state index contributed by atoms with van der Waals surface area (Å²) in [7, 11) is 0. The predicted molar refractivity (Wildman–Crippen MR) is 72.7 cm³/mol. The zero-order valence-corrected chi connectivity index (χ0v) is 10.4. The summed E-state index contributed by atoms with van der Waals surface area (Å²) in [4.78, 5) is 26.3. The quantitative estimate of drug-likeness (QED) is 0.731. The van der Waals surface area contributed by atoms with Gasteiger partial charge in [0.15, 0.2) is 0 Å². The van der Waals surface area contributed by atoms with Crippen LogP contribution in [-0.4, -0.2) is 23.3 Å². The molecule has 1 aliphatic rings. The molecule has 0 spiro atoms. The van der Waals surface area contributed by atoms with Crippen LogP contribution in [0, 0.1) is 5.92 Å². The number of aromatic amines is 1. The van der Waals surface area contributed by atoms with E-state index < -0.39 is 11.8 Å². The lowest BCUT2D eigenvalue weighted by Crippen LogP contribution is -2.36. The van der Waals surface area contributed by atoms with E-state index >= 15 is 0 Å². The van der Waals surface area contributed by atoms with E-state index in [-0.39, 0.29) is 0 Å². The number of carbonyl (C=O) groups excluding carboxylic acids is 2. The molecule has 2 aromatic rings. The van der Waals surface area contributed by atoms with Gasteiger partial charge in [0, 0.05) is 23.9 Å². The highest BCUT2D eigenvalue weighted by Gasteiger charge is 2.23. The van der Waals surface area contributed by atoms with Gasteiger partial charge in [0.2, 0.25) is 0 Å². The fourth-order valence-corrected chi connectivity index (χ4v) is 1.95. The van der Waals surface area contributed by atoms with Gasteiger partial charge in [-0.3, -0.25) is 9.59 Å². The van der Waals surface area contributed by atoms with Crippen LogP contribution in [0.25, 0.3) is 10.9 Å². The molecule has 19 heavy (non-hydrogen) atoms. The van der Waals surface area contributed by atoms with Crippen molar-refractivity contribution in [2.75, 3.05) is 11.9 Å². The molecule has 0 atom stereocenters. The van der Waals surface area contributed by atoms with Gasteiger partial charge in [-0.15, -0.1) is 0 Å². The maximum absolute atomic E-state index is 11.7. The third-order valence-corrected chi connectivity index (χ3v) is 3.27. The lowest BCUT2D eigenvalue weighted by atomic mass is 10.2. The molecule has 0 saturated heterocycles. The smallest absolute Gasteiger partial charge is 0.313 e. The Balaban J connectivity index is 1.62. The molecule has 3 N–H and O–H groups in total. The van der Waals surface area contributed by atoms with E-state index in [1.165, 1.54) is 0 Å². The van der Waals surface area contributed by atoms with E-state index in [2.05, 4.69) is 15.6 Å². The number of H-pyrrole nitrogens is 1. The van der Waals surface area contributed by atoms with Crippen molar-refractivity contribution in [3.05, 3.63) is 30.5 Å². The normalized spacial score (nSPS) is 14.3. The third kappa shape index (κ3) is 2.76. The van der Waals surface area contributed by atoms with Crippen LogP contribution < -0.4 is 10.6 Å². The monoisotopic (exact) mass is 257 g/mol. The maximum Gasteiger partial charge on any atom is 0.313 e. The molecule has 1 aromatic carbocycles. The first-order chi connectivity index (χ1) is 9.22. The number of rotatable bonds is 3. The molecule has 1 aromatic heterocycles. The lowest BCUT2D eigenvalue weighted by Gasteiger charge is -2.06. The predicted octanol–water partition coefficient (Wildman–Crippen LogP) is 1.63. The van der Waals surface area contributed by atoms with E-state index in [0.29, 0.717) is 18.2 Å². The molecule has 1 fully saturated rings. The molecule has 98 valence electrons. The summed E-state index contributed by atoms with van der Waals surface area (Å²) in [6.07, 6.45) is 4.12. The summed E-state index contributed by atoms with van der Waals surface area (Å²) in [6, 6.07) is 7.43. The summed E-state index contributed by atoms with van der Waals surface area (Å²) < 4.78 is 0. The van der Waals surface area contributed by atoms with Gasteiger partial charge in [0.05, 0.1) is 0 Å². The van der Waals surface area contributed by atoms with Crippen LogP contribution in [-0.2, 0) is 9.59 Å². The average Bonchev–Trinajstić information content (AvgIpc) is 3.12. The maximum atomic E-state index is 11.7. The van der Waals surface area contributed by atoms with Crippen molar-refractivity contribution in [1.82, 2.24) is 10.3 Å². The van der Waals surface area contributed by atoms with Crippen molar-refractivity contribution in [2.45, 2.75) is 12.8 Å². The van der Waals surface area contributed by atoms with E-state index in [1.807, 2.05) is 18.3 Å². The highest BCUT2D eigenvalue weighted by Crippen LogP contribution is 2.27. The van der Waals surface area contributed by atoms with Gasteiger partial charge in [0.1, 0.15) is 0 Å². The number of carbonyl (C=O) groups is 2. The van der Waals surface area contributed by atoms with Crippen LogP contribution in [0.5, 0.6) is 0 Å². The first-order valence-electron chi connectivity index (χ1n) is 6.39. The molecule has 0 radical (unpaired) electrons. The SMILES string of the molecule is O=C(NCC1CC1)C(=O)Nc1ccc2cc[nH]c2c1. The second-order valence-corrected chi connectivity index (χ2v) is 4.89. The molecular formula is C14H15N3O2. The van der Waals surface area contributed by atoms with Crippen LogP contribution in [0.1, 0.15) is 12.8 Å². The first kappa shape index (κ1) is 11.8. The van der Waals surface area contributed by atoms with E-state index in [0.717, 1.165) is 23.7 Å². The van der Waals surface area contributed by atoms with Crippen molar-refractivity contribution in [1.29, 1.82) is 0 Å². The second kappa shape index (κ2) is 4.76. The number of hydrogen-bond donors (Lipinski definition) is 3. The molecule has 0 unspecified atom stereocenters. The van der Waals surface area contributed by atoms with E-state index in [4.69, 9.17) is 0 Å². The van der Waals surface area contributed by atoms with Crippen LogP contribution in [0.3, 0.4) is 0 Å². The Labute approximate surface area is 110 Å².